The first kappa shape index (κ1) is 19.5. The first-order valence-corrected chi connectivity index (χ1v) is 9.34. The lowest BCUT2D eigenvalue weighted by molar-refractivity contribution is -0.141. The highest BCUT2D eigenvalue weighted by Crippen LogP contribution is 2.28. The second-order valence-corrected chi connectivity index (χ2v) is 7.34. The van der Waals surface area contributed by atoms with Crippen molar-refractivity contribution in [3.63, 3.8) is 0 Å². The van der Waals surface area contributed by atoms with E-state index in [1.807, 2.05) is 26.5 Å². The normalized spacial score (nSPS) is 16.7. The van der Waals surface area contributed by atoms with Crippen LogP contribution in [0.3, 0.4) is 0 Å². The van der Waals surface area contributed by atoms with Crippen molar-refractivity contribution in [3.05, 3.63) is 53.9 Å². The molecule has 6 nitrogen and oxygen atoms in total. The molecule has 0 radical (unpaired) electrons. The lowest BCUT2D eigenvalue weighted by Gasteiger charge is -2.33. The van der Waals surface area contributed by atoms with Gasteiger partial charge in [0.1, 0.15) is 11.6 Å². The molecule has 0 saturated carbocycles. The second kappa shape index (κ2) is 8.63. The van der Waals surface area contributed by atoms with E-state index in [1.165, 1.54) is 24.3 Å². The number of halogens is 1. The van der Waals surface area contributed by atoms with Gasteiger partial charge in [0.05, 0.1) is 0 Å². The van der Waals surface area contributed by atoms with Crippen LogP contribution in [0.25, 0.3) is 0 Å². The fourth-order valence-corrected chi connectivity index (χ4v) is 3.50. The minimum Gasteiger partial charge on any atom is -0.378 e. The fraction of sp³-hybridized carbons (Fsp3) is 0.500. The molecule has 3 rings (SSSR count). The number of aromatic nitrogens is 2. The summed E-state index contributed by atoms with van der Waals surface area (Å²) < 4.78 is 15.2. The molecule has 0 spiro atoms. The third-order valence-corrected chi connectivity index (χ3v) is 5.13. The van der Waals surface area contributed by atoms with Gasteiger partial charge in [-0.15, -0.1) is 0 Å². The summed E-state index contributed by atoms with van der Waals surface area (Å²) >= 11 is 0. The molecule has 1 aliphatic heterocycles. The van der Waals surface area contributed by atoms with Crippen LogP contribution in [-0.2, 0) is 11.3 Å². The van der Waals surface area contributed by atoms with Crippen LogP contribution in [0.5, 0.6) is 0 Å². The van der Waals surface area contributed by atoms with Crippen molar-refractivity contribution in [2.24, 2.45) is 0 Å². The molecule has 146 valence electrons. The van der Waals surface area contributed by atoms with E-state index in [4.69, 9.17) is 0 Å². The molecule has 2 aromatic rings. The van der Waals surface area contributed by atoms with Gasteiger partial charge in [-0.2, -0.15) is 0 Å². The first-order valence-electron chi connectivity index (χ1n) is 9.34. The molecule has 2 heterocycles. The van der Waals surface area contributed by atoms with E-state index in [0.29, 0.717) is 24.6 Å². The molecule has 0 bridgehead atoms. The van der Waals surface area contributed by atoms with Gasteiger partial charge < -0.3 is 19.5 Å². The molecular formula is C20H27FN4O2. The van der Waals surface area contributed by atoms with Crippen LogP contribution < -0.4 is 0 Å². The smallest absolute Gasteiger partial charge is 0.256 e. The number of amides is 1. The van der Waals surface area contributed by atoms with E-state index in [2.05, 4.69) is 14.5 Å². The molecule has 27 heavy (non-hydrogen) atoms. The van der Waals surface area contributed by atoms with Crippen molar-refractivity contribution in [1.82, 2.24) is 19.4 Å². The lowest BCUT2D eigenvalue weighted by atomic mass is 9.95. The summed E-state index contributed by atoms with van der Waals surface area (Å²) in [5.41, 5.74) is 0.419. The third-order valence-electron chi connectivity index (χ3n) is 5.13. The highest BCUT2D eigenvalue weighted by atomic mass is 19.1. The van der Waals surface area contributed by atoms with Gasteiger partial charge in [-0.05, 0) is 44.6 Å². The Labute approximate surface area is 159 Å². The summed E-state index contributed by atoms with van der Waals surface area (Å²) in [4.78, 5) is 20.9. The SMILES string of the molecule is CN(C)CCn1ccnc1C1CCN(C(=O)[C@H](O)c2ccc(F)cc2)CC1. The number of likely N-dealkylation sites (tertiary alicyclic amines) is 1. The Hall–Kier alpha value is -2.25. The number of likely N-dealkylation sites (N-methyl/N-ethyl adjacent to an activating group) is 1. The molecule has 1 amide bonds. The van der Waals surface area contributed by atoms with Crippen molar-refractivity contribution in [2.75, 3.05) is 33.7 Å². The zero-order valence-electron chi connectivity index (χ0n) is 15.9. The highest BCUT2D eigenvalue weighted by molar-refractivity contribution is 5.82. The third kappa shape index (κ3) is 4.73. The van der Waals surface area contributed by atoms with Gasteiger partial charge >= 0.3 is 0 Å². The minimum atomic E-state index is -1.25. The van der Waals surface area contributed by atoms with Gasteiger partial charge in [0, 0.05) is 44.5 Å². The van der Waals surface area contributed by atoms with E-state index < -0.39 is 6.10 Å². The van der Waals surface area contributed by atoms with Crippen LogP contribution in [0.1, 0.15) is 36.3 Å². The van der Waals surface area contributed by atoms with Crippen molar-refractivity contribution in [3.8, 4) is 0 Å². The van der Waals surface area contributed by atoms with Gasteiger partial charge in [0.15, 0.2) is 6.10 Å². The summed E-state index contributed by atoms with van der Waals surface area (Å²) in [6.45, 7) is 3.01. The number of aliphatic hydroxyl groups excluding tert-OH is 1. The number of hydrogen-bond acceptors (Lipinski definition) is 4. The molecule has 0 unspecified atom stereocenters. The van der Waals surface area contributed by atoms with Gasteiger partial charge in [-0.25, -0.2) is 9.37 Å². The van der Waals surface area contributed by atoms with Crippen molar-refractivity contribution in [1.29, 1.82) is 0 Å². The van der Waals surface area contributed by atoms with Crippen LogP contribution in [0.4, 0.5) is 4.39 Å². The number of rotatable bonds is 6. The fourth-order valence-electron chi connectivity index (χ4n) is 3.50. The summed E-state index contributed by atoms with van der Waals surface area (Å²) in [5.74, 6) is 0.678. The Kier molecular flexibility index (Phi) is 6.23. The topological polar surface area (TPSA) is 61.6 Å². The zero-order valence-corrected chi connectivity index (χ0v) is 15.9. The highest BCUT2D eigenvalue weighted by Gasteiger charge is 2.30. The number of aliphatic hydroxyl groups is 1. The van der Waals surface area contributed by atoms with Crippen molar-refractivity contribution >= 4 is 5.91 Å². The summed E-state index contributed by atoms with van der Waals surface area (Å²) in [7, 11) is 4.10. The molecule has 7 heteroatoms. The molecule has 1 fully saturated rings. The predicted octanol–water partition coefficient (Wildman–Crippen LogP) is 2.02. The molecule has 1 aromatic heterocycles. The predicted molar refractivity (Wildman–Crippen MR) is 101 cm³/mol. The monoisotopic (exact) mass is 374 g/mol. The van der Waals surface area contributed by atoms with E-state index in [9.17, 15) is 14.3 Å². The largest absolute Gasteiger partial charge is 0.378 e. The van der Waals surface area contributed by atoms with E-state index >= 15 is 0 Å². The van der Waals surface area contributed by atoms with Gasteiger partial charge in [0.2, 0.25) is 0 Å². The summed E-state index contributed by atoms with van der Waals surface area (Å²) in [6.07, 6.45) is 4.24. The number of nitrogens with zero attached hydrogens (tertiary/aromatic N) is 4. The second-order valence-electron chi connectivity index (χ2n) is 7.34. The standard InChI is InChI=1S/C20H27FN4O2/c1-23(2)13-14-24-12-9-22-19(24)16-7-10-25(11-8-16)20(27)18(26)15-3-5-17(21)6-4-15/h3-6,9,12,16,18,26H,7-8,10-11,13-14H2,1-2H3/t18-/m1/s1. The Balaban J connectivity index is 1.58. The van der Waals surface area contributed by atoms with Gasteiger partial charge in [-0.1, -0.05) is 12.1 Å². The number of carbonyl (C=O) groups is 1. The first-order chi connectivity index (χ1) is 13.0. The van der Waals surface area contributed by atoms with Crippen LogP contribution in [-0.4, -0.2) is 64.1 Å². The molecule has 0 aliphatic carbocycles. The average molecular weight is 374 g/mol. The molecule has 1 saturated heterocycles. The van der Waals surface area contributed by atoms with E-state index in [-0.39, 0.29) is 11.7 Å². The Morgan fingerprint density at radius 1 is 1.30 bits per heavy atom. The Morgan fingerprint density at radius 2 is 1.96 bits per heavy atom. The lowest BCUT2D eigenvalue weighted by Crippen LogP contribution is -2.41. The maximum Gasteiger partial charge on any atom is 0.256 e. The Morgan fingerprint density at radius 3 is 2.59 bits per heavy atom. The van der Waals surface area contributed by atoms with Gasteiger partial charge in [0.25, 0.3) is 5.91 Å². The molecular weight excluding hydrogens is 347 g/mol. The summed E-state index contributed by atoms with van der Waals surface area (Å²) in [5, 5.41) is 10.3. The minimum absolute atomic E-state index is 0.314. The maximum atomic E-state index is 13.0. The summed E-state index contributed by atoms with van der Waals surface area (Å²) in [6, 6.07) is 5.41. The molecule has 1 aliphatic rings. The van der Waals surface area contributed by atoms with Crippen LogP contribution in [0, 0.1) is 5.82 Å². The quantitative estimate of drug-likeness (QED) is 0.840. The Bertz CT molecular complexity index is 752. The number of hydrogen-bond donors (Lipinski definition) is 1. The van der Waals surface area contributed by atoms with Crippen LogP contribution >= 0.6 is 0 Å². The molecule has 1 atom stereocenters. The number of piperidine rings is 1. The van der Waals surface area contributed by atoms with E-state index in [0.717, 1.165) is 31.8 Å². The van der Waals surface area contributed by atoms with Crippen LogP contribution in [0.15, 0.2) is 36.7 Å². The van der Waals surface area contributed by atoms with Crippen molar-refractivity contribution < 1.29 is 14.3 Å². The van der Waals surface area contributed by atoms with Crippen LogP contribution in [0.2, 0.25) is 0 Å². The van der Waals surface area contributed by atoms with Gasteiger partial charge in [-0.3, -0.25) is 4.79 Å². The maximum absolute atomic E-state index is 13.0. The van der Waals surface area contributed by atoms with Crippen molar-refractivity contribution in [2.45, 2.75) is 31.4 Å². The number of imidazole rings is 1. The number of benzene rings is 1. The zero-order chi connectivity index (χ0) is 19.4. The molecule has 1 aromatic carbocycles. The molecule has 1 N–H and O–H groups in total. The average Bonchev–Trinajstić information content (AvgIpc) is 3.14. The van der Waals surface area contributed by atoms with E-state index in [1.54, 1.807) is 4.90 Å². The number of carbonyl (C=O) groups excluding carboxylic acids is 1.